The molecule has 2 aliphatic carbocycles. The Bertz CT molecular complexity index is 2230. The Kier molecular flexibility index (Phi) is 11.7. The lowest BCUT2D eigenvalue weighted by Gasteiger charge is -2.17. The van der Waals surface area contributed by atoms with Gasteiger partial charge in [0.2, 0.25) is 0 Å². The Hall–Kier alpha value is -5.66. The smallest absolute Gasteiger partial charge is 0.298 e. The monoisotopic (exact) mass is 763 g/mol. The van der Waals surface area contributed by atoms with Crippen molar-refractivity contribution in [2.24, 2.45) is 0 Å². The summed E-state index contributed by atoms with van der Waals surface area (Å²) in [5, 5.41) is 8.07. The maximum Gasteiger partial charge on any atom is 0.298 e. The van der Waals surface area contributed by atoms with Crippen LogP contribution in [0.15, 0.2) is 53.8 Å². The fourth-order valence-corrected chi connectivity index (χ4v) is 7.35. The van der Waals surface area contributed by atoms with Crippen LogP contribution >= 0.6 is 0 Å². The molecule has 2 aromatic carbocycles. The summed E-state index contributed by atoms with van der Waals surface area (Å²) in [7, 11) is 3.33. The van der Waals surface area contributed by atoms with Gasteiger partial charge in [-0.3, -0.25) is 10.2 Å². The molecule has 0 saturated heterocycles. The average molecular weight is 764 g/mol. The third-order valence-electron chi connectivity index (χ3n) is 10.5. The zero-order valence-corrected chi connectivity index (χ0v) is 33.2. The van der Waals surface area contributed by atoms with Crippen molar-refractivity contribution in [2.45, 2.75) is 116 Å². The first-order chi connectivity index (χ1) is 27.1. The number of ether oxygens (including phenoxy) is 4. The first-order valence-corrected chi connectivity index (χ1v) is 19.7. The Morgan fingerprint density at radius 1 is 0.679 bits per heavy atom. The minimum atomic E-state index is -0.286. The Labute approximate surface area is 326 Å². The highest BCUT2D eigenvalue weighted by Gasteiger charge is 2.21. The number of methoxy groups -OCH3 is 2. The maximum atomic E-state index is 12.1. The van der Waals surface area contributed by atoms with E-state index in [1.807, 2.05) is 59.4 Å². The van der Waals surface area contributed by atoms with Crippen molar-refractivity contribution in [3.05, 3.63) is 87.7 Å². The number of nitrogens with one attached hydrogen (secondary N) is 3. The number of aromatic amines is 2. The molecule has 0 aliphatic heterocycles. The number of aromatic nitrogens is 8. The highest BCUT2D eigenvalue weighted by atomic mass is 16.5. The van der Waals surface area contributed by atoms with E-state index in [9.17, 15) is 4.79 Å². The number of imidazole rings is 2. The summed E-state index contributed by atoms with van der Waals surface area (Å²) in [6.07, 6.45) is 13.0. The van der Waals surface area contributed by atoms with Crippen LogP contribution in [0.5, 0.6) is 23.0 Å². The van der Waals surface area contributed by atoms with Crippen molar-refractivity contribution in [2.75, 3.05) is 14.2 Å². The van der Waals surface area contributed by atoms with E-state index in [1.54, 1.807) is 26.9 Å². The van der Waals surface area contributed by atoms with Gasteiger partial charge in [-0.25, -0.2) is 15.0 Å². The summed E-state index contributed by atoms with van der Waals surface area (Å²) < 4.78 is 27.2. The van der Waals surface area contributed by atoms with Crippen LogP contribution in [-0.4, -0.2) is 65.5 Å². The van der Waals surface area contributed by atoms with Crippen molar-refractivity contribution in [1.29, 1.82) is 5.41 Å². The van der Waals surface area contributed by atoms with Gasteiger partial charge in [0.05, 0.1) is 45.8 Å². The van der Waals surface area contributed by atoms with Crippen LogP contribution in [0.2, 0.25) is 0 Å². The van der Waals surface area contributed by atoms with Crippen LogP contribution in [0.4, 0.5) is 0 Å². The van der Waals surface area contributed by atoms with E-state index in [0.717, 1.165) is 77.1 Å². The van der Waals surface area contributed by atoms with Crippen molar-refractivity contribution in [3.8, 4) is 23.0 Å². The molecule has 14 heteroatoms. The summed E-state index contributed by atoms with van der Waals surface area (Å²) >= 11 is 0. The lowest BCUT2D eigenvalue weighted by molar-refractivity contribution is 0.200. The Balaban J connectivity index is 0.000000172. The number of nitrogens with zero attached hydrogens (tertiary/aromatic N) is 6. The van der Waals surface area contributed by atoms with Gasteiger partial charge < -0.3 is 38.0 Å². The van der Waals surface area contributed by atoms with Crippen molar-refractivity contribution in [1.82, 2.24) is 39.0 Å². The van der Waals surface area contributed by atoms with Gasteiger partial charge in [-0.15, -0.1) is 0 Å². The van der Waals surface area contributed by atoms with E-state index < -0.39 is 0 Å². The maximum absolute atomic E-state index is 12.1. The van der Waals surface area contributed by atoms with E-state index in [4.69, 9.17) is 29.3 Å². The zero-order valence-electron chi connectivity index (χ0n) is 33.2. The topological polar surface area (TPSA) is 171 Å². The molecule has 0 bridgehead atoms. The molecule has 6 aromatic rings. The van der Waals surface area contributed by atoms with Crippen LogP contribution in [0.3, 0.4) is 0 Å². The fraction of sp³-hybridized carbons (Fsp3) is 0.476. The lowest BCUT2D eigenvalue weighted by Crippen LogP contribution is -2.14. The second-order valence-electron chi connectivity index (χ2n) is 15.4. The predicted molar refractivity (Wildman–Crippen MR) is 214 cm³/mol. The van der Waals surface area contributed by atoms with E-state index in [0.29, 0.717) is 29.8 Å². The molecule has 3 N–H and O–H groups in total. The summed E-state index contributed by atoms with van der Waals surface area (Å²) in [6, 6.07) is 12.0. The predicted octanol–water partition coefficient (Wildman–Crippen LogP) is 7.36. The van der Waals surface area contributed by atoms with Gasteiger partial charge >= 0.3 is 0 Å². The standard InChI is InChI=1S/C21H27N5O2.C21H26N4O3/c1-13(2)20-24-18-19(22)23-12-26(21(18)25-20)11-14-8-9-16(27-3)17(10-14)28-15-6-4-5-7-15;1-13(2)19-23-18-20(24-19)25(12-22-21(18)26)11-14-8-9-16(27-3)17(10-14)28-15-6-4-5-7-15/h8-10,12-13,15,22H,4-7,11H2,1-3H3,(H,24,25);8-10,12-13,15H,4-7,11H2,1-3H3,(H,23,24). The molecule has 2 saturated carbocycles. The molecule has 4 aromatic heterocycles. The van der Waals surface area contributed by atoms with Gasteiger partial charge in [0, 0.05) is 11.8 Å². The molecule has 14 nitrogen and oxygen atoms in total. The number of fused-ring (bicyclic) bond motifs is 2. The number of hydrogen-bond donors (Lipinski definition) is 3. The lowest BCUT2D eigenvalue weighted by atomic mass is 10.2. The minimum absolute atomic E-state index is 0.202. The highest BCUT2D eigenvalue weighted by Crippen LogP contribution is 2.34. The van der Waals surface area contributed by atoms with Crippen LogP contribution in [0.1, 0.15) is 114 Å². The van der Waals surface area contributed by atoms with E-state index >= 15 is 0 Å². The van der Waals surface area contributed by atoms with E-state index in [-0.39, 0.29) is 35.1 Å². The van der Waals surface area contributed by atoms with Crippen molar-refractivity contribution in [3.63, 3.8) is 0 Å². The second-order valence-corrected chi connectivity index (χ2v) is 15.4. The first-order valence-electron chi connectivity index (χ1n) is 19.7. The Morgan fingerprint density at radius 2 is 1.12 bits per heavy atom. The van der Waals surface area contributed by atoms with E-state index in [1.165, 1.54) is 25.7 Å². The molecule has 0 unspecified atom stereocenters. The number of rotatable bonds is 12. The van der Waals surface area contributed by atoms with E-state index in [2.05, 4.69) is 38.8 Å². The van der Waals surface area contributed by atoms with Crippen LogP contribution < -0.4 is 30.0 Å². The van der Waals surface area contributed by atoms with Gasteiger partial charge in [-0.2, -0.15) is 4.98 Å². The first kappa shape index (κ1) is 38.6. The SMILES string of the molecule is COc1ccc(Cn2cnc(=N)c3[nH]c(C(C)C)nc32)cc1OC1CCCC1.COc1ccc(Cn2cnc(=O)c3[nH]c(C(C)C)nc32)cc1OC1CCCC1. The summed E-state index contributed by atoms with van der Waals surface area (Å²) in [5.74, 6) is 5.16. The summed E-state index contributed by atoms with van der Waals surface area (Å²) in [6.45, 7) is 9.37. The third kappa shape index (κ3) is 8.58. The van der Waals surface area contributed by atoms with Gasteiger partial charge in [-0.1, -0.05) is 39.8 Å². The van der Waals surface area contributed by atoms with Crippen LogP contribution in [0, 0.1) is 5.41 Å². The highest BCUT2D eigenvalue weighted by molar-refractivity contribution is 5.70. The van der Waals surface area contributed by atoms with Gasteiger partial charge in [0.1, 0.15) is 23.5 Å². The number of benzene rings is 2. The minimum Gasteiger partial charge on any atom is -0.493 e. The molecule has 2 fully saturated rings. The largest absolute Gasteiger partial charge is 0.493 e. The van der Waals surface area contributed by atoms with Gasteiger partial charge in [-0.05, 0) is 86.8 Å². The molecule has 4 heterocycles. The molecular weight excluding hydrogens is 711 g/mol. The van der Waals surface area contributed by atoms with Crippen molar-refractivity contribution < 1.29 is 18.9 Å². The van der Waals surface area contributed by atoms with Crippen LogP contribution in [0.25, 0.3) is 22.3 Å². The van der Waals surface area contributed by atoms with Gasteiger partial charge in [0.25, 0.3) is 5.56 Å². The normalized spacial score (nSPS) is 14.9. The number of H-pyrrole nitrogens is 2. The molecule has 56 heavy (non-hydrogen) atoms. The Morgan fingerprint density at radius 3 is 1.59 bits per heavy atom. The molecule has 296 valence electrons. The molecular formula is C42H53N9O5. The summed E-state index contributed by atoms with van der Waals surface area (Å²) in [5.41, 5.74) is 4.53. The molecule has 8 rings (SSSR count). The average Bonchev–Trinajstić information content (AvgIpc) is 4.03. The quantitative estimate of drug-likeness (QED) is 0.115. The molecule has 0 amide bonds. The second kappa shape index (κ2) is 17.0. The van der Waals surface area contributed by atoms with Crippen molar-refractivity contribution >= 4 is 22.3 Å². The molecule has 0 atom stereocenters. The third-order valence-corrected chi connectivity index (χ3v) is 10.5. The number of hydrogen-bond acceptors (Lipinski definition) is 10. The molecule has 2 aliphatic rings. The van der Waals surface area contributed by atoms with Crippen LogP contribution in [-0.2, 0) is 13.1 Å². The van der Waals surface area contributed by atoms with Gasteiger partial charge in [0.15, 0.2) is 45.3 Å². The fourth-order valence-electron chi connectivity index (χ4n) is 7.35. The zero-order chi connectivity index (χ0) is 39.3. The molecule has 0 spiro atoms. The molecule has 0 radical (unpaired) electrons. The summed E-state index contributed by atoms with van der Waals surface area (Å²) in [4.78, 5) is 36.0.